The minimum atomic E-state index is -1.82. The molecular formula is C19H28O6. The van der Waals surface area contributed by atoms with Crippen LogP contribution in [0.4, 0.5) is 0 Å². The van der Waals surface area contributed by atoms with Gasteiger partial charge in [-0.05, 0) is 49.6 Å². The van der Waals surface area contributed by atoms with Gasteiger partial charge in [-0.25, -0.2) is 0 Å². The van der Waals surface area contributed by atoms with E-state index in [-0.39, 0.29) is 12.5 Å². The first-order chi connectivity index (χ1) is 11.5. The van der Waals surface area contributed by atoms with Crippen LogP contribution in [0.25, 0.3) is 0 Å². The highest BCUT2D eigenvalue weighted by Crippen LogP contribution is 2.35. The van der Waals surface area contributed by atoms with Gasteiger partial charge < -0.3 is 25.2 Å². The fourth-order valence-electron chi connectivity index (χ4n) is 3.10. The summed E-state index contributed by atoms with van der Waals surface area (Å²) in [5.74, 6) is -0.690. The number of aliphatic hydroxyl groups is 4. The molecule has 0 amide bonds. The van der Waals surface area contributed by atoms with E-state index < -0.39 is 35.1 Å². The van der Waals surface area contributed by atoms with Gasteiger partial charge in [-0.1, -0.05) is 20.3 Å². The number of hydrogen-bond acceptors (Lipinski definition) is 6. The van der Waals surface area contributed by atoms with Crippen LogP contribution >= 0.6 is 0 Å². The Morgan fingerprint density at radius 2 is 2.12 bits per heavy atom. The van der Waals surface area contributed by atoms with Gasteiger partial charge in [-0.3, -0.25) is 4.79 Å². The Morgan fingerprint density at radius 1 is 1.48 bits per heavy atom. The highest BCUT2D eigenvalue weighted by Gasteiger charge is 2.47. The van der Waals surface area contributed by atoms with Gasteiger partial charge in [0.05, 0.1) is 18.8 Å². The molecular weight excluding hydrogens is 324 g/mol. The molecule has 6 nitrogen and oxygen atoms in total. The Morgan fingerprint density at radius 3 is 2.72 bits per heavy atom. The molecule has 1 aliphatic carbocycles. The van der Waals surface area contributed by atoms with Gasteiger partial charge in [0.15, 0.2) is 11.4 Å². The first-order valence-corrected chi connectivity index (χ1v) is 8.61. The maximum Gasteiger partial charge on any atom is 0.189 e. The minimum absolute atomic E-state index is 0.0682. The fraction of sp³-hybridized carbons (Fsp3) is 0.632. The monoisotopic (exact) mass is 352 g/mol. The molecule has 1 aliphatic heterocycles. The number of ketones is 1. The molecule has 0 aromatic carbocycles. The van der Waals surface area contributed by atoms with Crippen molar-refractivity contribution in [2.45, 2.75) is 57.5 Å². The summed E-state index contributed by atoms with van der Waals surface area (Å²) in [7, 11) is 0. The minimum Gasteiger partial charge on any atom is -0.493 e. The lowest BCUT2D eigenvalue weighted by Crippen LogP contribution is -2.54. The average molecular weight is 352 g/mol. The van der Waals surface area contributed by atoms with Crippen molar-refractivity contribution in [3.8, 4) is 0 Å². The van der Waals surface area contributed by atoms with Gasteiger partial charge in [0.2, 0.25) is 0 Å². The van der Waals surface area contributed by atoms with Crippen molar-refractivity contribution in [1.82, 2.24) is 0 Å². The predicted molar refractivity (Wildman–Crippen MR) is 92.5 cm³/mol. The maximum atomic E-state index is 12.0. The van der Waals surface area contributed by atoms with Crippen LogP contribution in [-0.4, -0.2) is 56.2 Å². The zero-order valence-corrected chi connectivity index (χ0v) is 15.1. The second kappa shape index (κ2) is 7.03. The molecule has 4 N–H and O–H groups in total. The van der Waals surface area contributed by atoms with Gasteiger partial charge in [-0.15, -0.1) is 0 Å². The molecule has 0 aromatic rings. The van der Waals surface area contributed by atoms with Crippen LogP contribution in [0.15, 0.2) is 35.6 Å². The van der Waals surface area contributed by atoms with E-state index in [1.807, 2.05) is 13.8 Å². The highest BCUT2D eigenvalue weighted by atomic mass is 16.5. The molecule has 140 valence electrons. The summed E-state index contributed by atoms with van der Waals surface area (Å²) in [6.45, 7) is 6.73. The Hall–Kier alpha value is -1.47. The number of aliphatic hydroxyl groups excluding tert-OH is 2. The molecule has 6 atom stereocenters. The number of fused-ring (bicyclic) bond motifs is 1. The van der Waals surface area contributed by atoms with Gasteiger partial charge >= 0.3 is 0 Å². The van der Waals surface area contributed by atoms with Crippen LogP contribution < -0.4 is 0 Å². The van der Waals surface area contributed by atoms with Crippen LogP contribution in [0.2, 0.25) is 0 Å². The summed E-state index contributed by atoms with van der Waals surface area (Å²) < 4.78 is 5.57. The molecule has 2 rings (SSSR count). The van der Waals surface area contributed by atoms with Crippen molar-refractivity contribution in [1.29, 1.82) is 0 Å². The Kier molecular flexibility index (Phi) is 5.59. The smallest absolute Gasteiger partial charge is 0.189 e. The molecule has 0 aromatic heterocycles. The summed E-state index contributed by atoms with van der Waals surface area (Å²) in [6, 6.07) is 0. The van der Waals surface area contributed by atoms with Crippen molar-refractivity contribution in [2.24, 2.45) is 11.8 Å². The quantitative estimate of drug-likeness (QED) is 0.584. The molecule has 0 fully saturated rings. The highest BCUT2D eigenvalue weighted by molar-refractivity contribution is 5.99. The molecule has 0 radical (unpaired) electrons. The van der Waals surface area contributed by atoms with Crippen LogP contribution in [0.1, 0.15) is 34.1 Å². The lowest BCUT2D eigenvalue weighted by molar-refractivity contribution is -0.150. The van der Waals surface area contributed by atoms with Gasteiger partial charge in [0, 0.05) is 5.92 Å². The predicted octanol–water partition coefficient (Wildman–Crippen LogP) is 0.852. The molecule has 0 saturated heterocycles. The van der Waals surface area contributed by atoms with Gasteiger partial charge in [0.25, 0.3) is 0 Å². The Labute approximate surface area is 148 Å². The van der Waals surface area contributed by atoms with Gasteiger partial charge in [-0.2, -0.15) is 0 Å². The van der Waals surface area contributed by atoms with Crippen LogP contribution in [-0.2, 0) is 9.53 Å². The molecule has 0 bridgehead atoms. The zero-order valence-electron chi connectivity index (χ0n) is 15.1. The summed E-state index contributed by atoms with van der Waals surface area (Å²) in [5, 5.41) is 40.9. The lowest BCUT2D eigenvalue weighted by atomic mass is 9.75. The Bertz CT molecular complexity index is 613. The molecule has 1 heterocycles. The van der Waals surface area contributed by atoms with E-state index in [2.05, 4.69) is 0 Å². The number of hydrogen-bond donors (Lipinski definition) is 4. The van der Waals surface area contributed by atoms with E-state index in [1.54, 1.807) is 12.2 Å². The first-order valence-electron chi connectivity index (χ1n) is 8.61. The van der Waals surface area contributed by atoms with E-state index >= 15 is 0 Å². The average Bonchev–Trinajstić information content (AvgIpc) is 2.57. The number of rotatable bonds is 5. The fourth-order valence-corrected chi connectivity index (χ4v) is 3.10. The standard InChI is InChI=1S/C19H28O6/c1-5-11(2)16(21)18(3,23)7-6-13-8-12-9-15(20)19(4,24)17(22)14(12)10-25-13/h6-9,11,14,16-17,21-24H,5,10H2,1-4H3/b7-6+/t11-,14+,16-,17+,18+,19+/m0/s1. The van der Waals surface area contributed by atoms with E-state index in [0.717, 1.165) is 6.42 Å². The normalized spacial score (nSPS) is 34.5. The number of carbonyl (C=O) groups excluding carboxylic acids is 1. The molecule has 6 heteroatoms. The van der Waals surface area contributed by atoms with Crippen molar-refractivity contribution in [3.05, 3.63) is 35.6 Å². The third-order valence-electron chi connectivity index (χ3n) is 5.29. The second-order valence-electron chi connectivity index (χ2n) is 7.45. The van der Waals surface area contributed by atoms with Crippen molar-refractivity contribution >= 4 is 5.78 Å². The van der Waals surface area contributed by atoms with E-state index in [0.29, 0.717) is 11.3 Å². The van der Waals surface area contributed by atoms with Crippen molar-refractivity contribution in [3.63, 3.8) is 0 Å². The third-order valence-corrected chi connectivity index (χ3v) is 5.29. The topological polar surface area (TPSA) is 107 Å². The number of ether oxygens (including phenoxy) is 1. The number of allylic oxidation sites excluding steroid dienone is 2. The van der Waals surface area contributed by atoms with Crippen LogP contribution in [0, 0.1) is 11.8 Å². The van der Waals surface area contributed by atoms with E-state index in [1.165, 1.54) is 26.0 Å². The van der Waals surface area contributed by atoms with Crippen LogP contribution in [0.3, 0.4) is 0 Å². The summed E-state index contributed by atoms with van der Waals surface area (Å²) in [4.78, 5) is 12.0. The Balaban J connectivity index is 2.21. The summed E-state index contributed by atoms with van der Waals surface area (Å²) >= 11 is 0. The summed E-state index contributed by atoms with van der Waals surface area (Å²) in [6.07, 6.45) is 4.51. The molecule has 0 spiro atoms. The SMILES string of the molecule is CC[C@H](C)[C@H](O)[C@](C)(O)/C=C/C1=CC2=CC(=O)[C@@](C)(O)[C@H](O)[C@@H]2CO1. The molecule has 25 heavy (non-hydrogen) atoms. The summed E-state index contributed by atoms with van der Waals surface area (Å²) in [5.41, 5.74) is -2.66. The molecule has 0 saturated carbocycles. The third kappa shape index (κ3) is 3.87. The largest absolute Gasteiger partial charge is 0.493 e. The van der Waals surface area contributed by atoms with Crippen molar-refractivity contribution in [2.75, 3.05) is 6.61 Å². The van der Waals surface area contributed by atoms with E-state index in [9.17, 15) is 25.2 Å². The maximum absolute atomic E-state index is 12.0. The van der Waals surface area contributed by atoms with Crippen LogP contribution in [0.5, 0.6) is 0 Å². The first kappa shape index (κ1) is 19.8. The van der Waals surface area contributed by atoms with Gasteiger partial charge in [0.1, 0.15) is 11.4 Å². The molecule has 2 aliphatic rings. The number of carbonyl (C=O) groups is 1. The second-order valence-corrected chi connectivity index (χ2v) is 7.45. The zero-order chi connectivity index (χ0) is 19.0. The van der Waals surface area contributed by atoms with E-state index in [4.69, 9.17) is 4.74 Å². The lowest BCUT2D eigenvalue weighted by Gasteiger charge is -2.39. The van der Waals surface area contributed by atoms with Crippen molar-refractivity contribution < 1.29 is 30.0 Å². The molecule has 0 unspecified atom stereocenters.